The SMILES string of the molecule is Cc1nccn1CC(=O)N1CCCC[C@H]1c1cc(=O)n2[nH]ccc2n1. The molecule has 25 heavy (non-hydrogen) atoms. The molecule has 3 aromatic heterocycles. The molecule has 8 nitrogen and oxygen atoms in total. The predicted octanol–water partition coefficient (Wildman–Crippen LogP) is 1.28. The average Bonchev–Trinajstić information content (AvgIpc) is 3.24. The summed E-state index contributed by atoms with van der Waals surface area (Å²) in [6.07, 6.45) is 7.99. The van der Waals surface area contributed by atoms with E-state index in [1.807, 2.05) is 22.6 Å². The fourth-order valence-corrected chi connectivity index (χ4v) is 3.46. The number of imidazole rings is 1. The molecule has 0 saturated carbocycles. The highest BCUT2D eigenvalue weighted by Crippen LogP contribution is 2.29. The van der Waals surface area contributed by atoms with Crippen molar-refractivity contribution in [3.63, 3.8) is 0 Å². The van der Waals surface area contributed by atoms with Gasteiger partial charge in [0.05, 0.1) is 11.7 Å². The number of piperidine rings is 1. The Morgan fingerprint density at radius 1 is 1.40 bits per heavy atom. The zero-order valence-electron chi connectivity index (χ0n) is 14.1. The van der Waals surface area contributed by atoms with Gasteiger partial charge >= 0.3 is 0 Å². The van der Waals surface area contributed by atoms with Gasteiger partial charge in [0.25, 0.3) is 5.56 Å². The number of hydrogen-bond acceptors (Lipinski definition) is 4. The van der Waals surface area contributed by atoms with Gasteiger partial charge in [0.1, 0.15) is 12.4 Å². The molecule has 4 heterocycles. The Hall–Kier alpha value is -2.90. The molecule has 1 aliphatic heterocycles. The van der Waals surface area contributed by atoms with Crippen LogP contribution in [0.15, 0.2) is 35.5 Å². The highest BCUT2D eigenvalue weighted by atomic mass is 16.2. The van der Waals surface area contributed by atoms with E-state index in [2.05, 4.69) is 15.1 Å². The molecule has 4 rings (SSSR count). The van der Waals surface area contributed by atoms with E-state index in [1.165, 1.54) is 10.6 Å². The Balaban J connectivity index is 1.65. The number of nitrogens with one attached hydrogen (secondary N) is 1. The summed E-state index contributed by atoms with van der Waals surface area (Å²) < 4.78 is 3.24. The summed E-state index contributed by atoms with van der Waals surface area (Å²) in [5, 5.41) is 2.84. The van der Waals surface area contributed by atoms with Crippen LogP contribution in [-0.4, -0.2) is 41.5 Å². The molecule has 1 fully saturated rings. The van der Waals surface area contributed by atoms with Gasteiger partial charge in [0.15, 0.2) is 5.65 Å². The lowest BCUT2D eigenvalue weighted by atomic mass is 9.99. The van der Waals surface area contributed by atoms with Gasteiger partial charge in [-0.15, -0.1) is 0 Å². The first-order chi connectivity index (χ1) is 12.1. The molecule has 0 aromatic carbocycles. The molecule has 130 valence electrons. The van der Waals surface area contributed by atoms with Crippen LogP contribution in [0.2, 0.25) is 0 Å². The number of amides is 1. The molecular weight excluding hydrogens is 320 g/mol. The van der Waals surface area contributed by atoms with Crippen molar-refractivity contribution >= 4 is 11.6 Å². The molecule has 1 amide bonds. The number of aromatic amines is 1. The van der Waals surface area contributed by atoms with E-state index in [4.69, 9.17) is 0 Å². The number of nitrogens with zero attached hydrogens (tertiary/aromatic N) is 5. The topological polar surface area (TPSA) is 88.3 Å². The van der Waals surface area contributed by atoms with Gasteiger partial charge in [-0.3, -0.25) is 14.7 Å². The minimum atomic E-state index is -0.159. The lowest BCUT2D eigenvalue weighted by Crippen LogP contribution is -2.41. The van der Waals surface area contributed by atoms with E-state index in [0.29, 0.717) is 17.9 Å². The number of hydrogen-bond donors (Lipinski definition) is 1. The Morgan fingerprint density at radius 2 is 2.28 bits per heavy atom. The van der Waals surface area contributed by atoms with Crippen LogP contribution < -0.4 is 5.56 Å². The van der Waals surface area contributed by atoms with Crippen LogP contribution in [0, 0.1) is 6.92 Å². The summed E-state index contributed by atoms with van der Waals surface area (Å²) >= 11 is 0. The number of aryl methyl sites for hydroxylation is 1. The Morgan fingerprint density at radius 3 is 3.08 bits per heavy atom. The first kappa shape index (κ1) is 15.6. The van der Waals surface area contributed by atoms with E-state index in [9.17, 15) is 9.59 Å². The highest BCUT2D eigenvalue weighted by Gasteiger charge is 2.29. The maximum Gasteiger partial charge on any atom is 0.272 e. The van der Waals surface area contributed by atoms with Crippen LogP contribution in [0.3, 0.4) is 0 Å². The third-order valence-electron chi connectivity index (χ3n) is 4.79. The first-order valence-corrected chi connectivity index (χ1v) is 8.48. The van der Waals surface area contributed by atoms with Crippen LogP contribution in [-0.2, 0) is 11.3 Å². The largest absolute Gasteiger partial charge is 0.333 e. The number of aromatic nitrogens is 5. The molecule has 1 aliphatic rings. The molecule has 0 bridgehead atoms. The van der Waals surface area contributed by atoms with Gasteiger partial charge in [-0.25, -0.2) is 14.5 Å². The predicted molar refractivity (Wildman–Crippen MR) is 91.1 cm³/mol. The van der Waals surface area contributed by atoms with Crippen molar-refractivity contribution in [3.8, 4) is 0 Å². The second-order valence-corrected chi connectivity index (χ2v) is 6.38. The van der Waals surface area contributed by atoms with Gasteiger partial charge in [-0.2, -0.15) is 0 Å². The van der Waals surface area contributed by atoms with Gasteiger partial charge in [-0.05, 0) is 26.2 Å². The number of rotatable bonds is 3. The molecule has 0 radical (unpaired) electrons. The zero-order chi connectivity index (χ0) is 17.4. The molecule has 3 aromatic rings. The standard InChI is InChI=1S/C17H20N6O2/c1-12-18-7-9-21(12)11-17(25)22-8-3-2-4-14(22)13-10-16(24)23-15(20-13)5-6-19-23/h5-7,9-10,14,19H,2-4,8,11H2,1H3/t14-/m0/s1. The van der Waals surface area contributed by atoms with Crippen LogP contribution in [0.1, 0.15) is 36.8 Å². The third kappa shape index (κ3) is 2.84. The smallest absolute Gasteiger partial charge is 0.272 e. The monoisotopic (exact) mass is 340 g/mol. The number of H-pyrrole nitrogens is 1. The normalized spacial score (nSPS) is 18.0. The van der Waals surface area contributed by atoms with Gasteiger partial charge in [-0.1, -0.05) is 0 Å². The van der Waals surface area contributed by atoms with Crippen molar-refractivity contribution in [2.75, 3.05) is 6.54 Å². The summed E-state index contributed by atoms with van der Waals surface area (Å²) in [7, 11) is 0. The van der Waals surface area contributed by atoms with E-state index in [1.54, 1.807) is 18.5 Å². The van der Waals surface area contributed by atoms with Crippen molar-refractivity contribution in [1.82, 2.24) is 29.0 Å². The molecule has 8 heteroatoms. The van der Waals surface area contributed by atoms with Gasteiger partial charge < -0.3 is 9.47 Å². The van der Waals surface area contributed by atoms with Crippen LogP contribution in [0.4, 0.5) is 0 Å². The molecule has 0 aliphatic carbocycles. The number of carbonyl (C=O) groups excluding carboxylic acids is 1. The second kappa shape index (κ2) is 6.19. The molecule has 1 N–H and O–H groups in total. The summed E-state index contributed by atoms with van der Waals surface area (Å²) in [5.41, 5.74) is 1.08. The second-order valence-electron chi connectivity index (χ2n) is 6.38. The highest BCUT2D eigenvalue weighted by molar-refractivity contribution is 5.76. The van der Waals surface area contributed by atoms with Gasteiger partial charge in [0.2, 0.25) is 5.91 Å². The minimum Gasteiger partial charge on any atom is -0.333 e. The first-order valence-electron chi connectivity index (χ1n) is 8.48. The maximum atomic E-state index is 12.9. The summed E-state index contributed by atoms with van der Waals surface area (Å²) in [6, 6.07) is 3.13. The Kier molecular flexibility index (Phi) is 3.87. The van der Waals surface area contributed by atoms with E-state index < -0.39 is 0 Å². The number of carbonyl (C=O) groups is 1. The third-order valence-corrected chi connectivity index (χ3v) is 4.79. The van der Waals surface area contributed by atoms with Crippen molar-refractivity contribution < 1.29 is 4.79 Å². The molecule has 0 unspecified atom stereocenters. The Bertz CT molecular complexity index is 969. The Labute approximate surface area is 144 Å². The van der Waals surface area contributed by atoms with Gasteiger partial charge in [0, 0.05) is 37.3 Å². The fraction of sp³-hybridized carbons (Fsp3) is 0.412. The summed E-state index contributed by atoms with van der Waals surface area (Å²) in [4.78, 5) is 35.7. The van der Waals surface area contributed by atoms with Crippen molar-refractivity contribution in [2.45, 2.75) is 38.8 Å². The van der Waals surface area contributed by atoms with Crippen molar-refractivity contribution in [1.29, 1.82) is 0 Å². The molecule has 0 spiro atoms. The minimum absolute atomic E-state index is 0.0295. The summed E-state index contributed by atoms with van der Waals surface area (Å²) in [5.74, 6) is 0.842. The lowest BCUT2D eigenvalue weighted by molar-refractivity contribution is -0.135. The van der Waals surface area contributed by atoms with E-state index >= 15 is 0 Å². The van der Waals surface area contributed by atoms with Crippen molar-refractivity contribution in [2.24, 2.45) is 0 Å². The number of fused-ring (bicyclic) bond motifs is 1. The lowest BCUT2D eigenvalue weighted by Gasteiger charge is -2.35. The molecule has 1 saturated heterocycles. The quantitative estimate of drug-likeness (QED) is 0.778. The zero-order valence-corrected chi connectivity index (χ0v) is 14.1. The van der Waals surface area contributed by atoms with Crippen LogP contribution >= 0.6 is 0 Å². The number of likely N-dealkylation sites (tertiary alicyclic amines) is 1. The maximum absolute atomic E-state index is 12.9. The van der Waals surface area contributed by atoms with Crippen LogP contribution in [0.5, 0.6) is 0 Å². The average molecular weight is 340 g/mol. The van der Waals surface area contributed by atoms with Crippen molar-refractivity contribution in [3.05, 3.63) is 52.6 Å². The van der Waals surface area contributed by atoms with E-state index in [-0.39, 0.29) is 24.1 Å². The van der Waals surface area contributed by atoms with Crippen LogP contribution in [0.25, 0.3) is 5.65 Å². The molecular formula is C17H20N6O2. The molecule has 1 atom stereocenters. The fourth-order valence-electron chi connectivity index (χ4n) is 3.46. The summed E-state index contributed by atoms with van der Waals surface area (Å²) in [6.45, 7) is 2.82. The van der Waals surface area contributed by atoms with E-state index in [0.717, 1.165) is 25.1 Å².